The van der Waals surface area contributed by atoms with Crippen molar-refractivity contribution in [2.75, 3.05) is 16.8 Å². The highest BCUT2D eigenvalue weighted by atomic mass is 15.2. The molecule has 0 radical (unpaired) electrons. The molecular weight excluding hydrogens is 286 g/mol. The van der Waals surface area contributed by atoms with E-state index in [0.29, 0.717) is 12.5 Å². The Hall–Kier alpha value is -2.95. The van der Waals surface area contributed by atoms with Gasteiger partial charge in [-0.05, 0) is 42.8 Å². The van der Waals surface area contributed by atoms with E-state index in [2.05, 4.69) is 44.2 Å². The van der Waals surface area contributed by atoms with Crippen LogP contribution < -0.4 is 10.2 Å². The second kappa shape index (κ2) is 7.35. The van der Waals surface area contributed by atoms with Gasteiger partial charge in [0.2, 0.25) is 5.95 Å². The van der Waals surface area contributed by atoms with E-state index in [0.717, 1.165) is 23.6 Å². The summed E-state index contributed by atoms with van der Waals surface area (Å²) < 4.78 is 0. The molecule has 0 unspecified atom stereocenters. The fourth-order valence-electron chi connectivity index (χ4n) is 2.35. The average molecular weight is 305 g/mol. The number of benzene rings is 1. The molecule has 0 saturated heterocycles. The summed E-state index contributed by atoms with van der Waals surface area (Å²) in [5.41, 5.74) is 2.26. The van der Waals surface area contributed by atoms with Gasteiger partial charge >= 0.3 is 0 Å². The molecule has 23 heavy (non-hydrogen) atoms. The lowest BCUT2D eigenvalue weighted by molar-refractivity contribution is 0.966. The number of rotatable bonds is 6. The van der Waals surface area contributed by atoms with E-state index in [1.54, 1.807) is 18.6 Å². The smallest absolute Gasteiger partial charge is 0.224 e. The maximum absolute atomic E-state index is 4.62. The minimum Gasteiger partial charge on any atom is -0.350 e. The van der Waals surface area contributed by atoms with Crippen LogP contribution in [0, 0.1) is 0 Å². The van der Waals surface area contributed by atoms with Gasteiger partial charge < -0.3 is 10.2 Å². The van der Waals surface area contributed by atoms with Crippen LogP contribution in [0.2, 0.25) is 0 Å². The lowest BCUT2D eigenvalue weighted by atomic mass is 10.3. The third-order valence-electron chi connectivity index (χ3n) is 3.50. The maximum atomic E-state index is 4.62. The number of anilines is 3. The van der Waals surface area contributed by atoms with Crippen LogP contribution >= 0.6 is 0 Å². The van der Waals surface area contributed by atoms with Gasteiger partial charge in [0.15, 0.2) is 0 Å². The van der Waals surface area contributed by atoms with Gasteiger partial charge in [0.1, 0.15) is 5.82 Å². The molecule has 0 saturated carbocycles. The van der Waals surface area contributed by atoms with Crippen molar-refractivity contribution in [1.82, 2.24) is 15.0 Å². The van der Waals surface area contributed by atoms with Crippen LogP contribution in [0.5, 0.6) is 0 Å². The Balaban J connectivity index is 1.76. The number of hydrogen-bond donors (Lipinski definition) is 1. The fraction of sp³-hybridized carbons (Fsp3) is 0.167. The van der Waals surface area contributed by atoms with E-state index >= 15 is 0 Å². The molecule has 0 amide bonds. The number of hydrogen-bond acceptors (Lipinski definition) is 5. The number of nitrogens with one attached hydrogen (secondary N) is 1. The molecule has 0 aliphatic carbocycles. The van der Waals surface area contributed by atoms with Crippen LogP contribution in [0.25, 0.3) is 0 Å². The van der Waals surface area contributed by atoms with Gasteiger partial charge in [-0.1, -0.05) is 18.2 Å². The highest BCUT2D eigenvalue weighted by Crippen LogP contribution is 2.23. The molecule has 2 aromatic heterocycles. The first-order chi connectivity index (χ1) is 11.4. The lowest BCUT2D eigenvalue weighted by Crippen LogP contribution is -2.18. The summed E-state index contributed by atoms with van der Waals surface area (Å²) in [5, 5.41) is 3.26. The van der Waals surface area contributed by atoms with Crippen molar-refractivity contribution >= 4 is 17.5 Å². The van der Waals surface area contributed by atoms with Crippen molar-refractivity contribution in [2.24, 2.45) is 0 Å². The lowest BCUT2D eigenvalue weighted by Gasteiger charge is -2.22. The summed E-state index contributed by atoms with van der Waals surface area (Å²) in [6.07, 6.45) is 5.34. The van der Waals surface area contributed by atoms with E-state index in [9.17, 15) is 0 Å². The van der Waals surface area contributed by atoms with Gasteiger partial charge in [0, 0.05) is 37.4 Å². The van der Waals surface area contributed by atoms with E-state index in [1.165, 1.54) is 0 Å². The van der Waals surface area contributed by atoms with Gasteiger partial charge in [-0.2, -0.15) is 4.98 Å². The van der Waals surface area contributed by atoms with Crippen molar-refractivity contribution in [3.05, 3.63) is 72.7 Å². The minimum atomic E-state index is 0.619. The van der Waals surface area contributed by atoms with Gasteiger partial charge in [0.25, 0.3) is 0 Å². The summed E-state index contributed by atoms with van der Waals surface area (Å²) >= 11 is 0. The van der Waals surface area contributed by atoms with Crippen molar-refractivity contribution in [2.45, 2.75) is 13.5 Å². The minimum absolute atomic E-state index is 0.619. The van der Waals surface area contributed by atoms with E-state index in [-0.39, 0.29) is 0 Å². The molecule has 0 aliphatic heterocycles. The highest BCUT2D eigenvalue weighted by molar-refractivity contribution is 5.60. The van der Waals surface area contributed by atoms with Gasteiger partial charge in [-0.3, -0.25) is 4.98 Å². The summed E-state index contributed by atoms with van der Waals surface area (Å²) in [7, 11) is 0. The summed E-state index contributed by atoms with van der Waals surface area (Å²) in [6, 6.07) is 16.1. The molecule has 1 N–H and O–H groups in total. The second-order valence-corrected chi connectivity index (χ2v) is 5.03. The second-order valence-electron chi connectivity index (χ2n) is 5.03. The number of para-hydroxylation sites is 1. The first-order valence-corrected chi connectivity index (χ1v) is 7.65. The maximum Gasteiger partial charge on any atom is 0.224 e. The Morgan fingerprint density at radius 3 is 2.48 bits per heavy atom. The molecule has 0 bridgehead atoms. The zero-order valence-corrected chi connectivity index (χ0v) is 13.1. The van der Waals surface area contributed by atoms with Gasteiger partial charge in [0.05, 0.1) is 0 Å². The van der Waals surface area contributed by atoms with Crippen molar-refractivity contribution in [3.63, 3.8) is 0 Å². The third-order valence-corrected chi connectivity index (χ3v) is 3.50. The molecule has 116 valence electrons. The first-order valence-electron chi connectivity index (χ1n) is 7.65. The SMILES string of the molecule is CCN(c1ccccc1)c1ccnc(NCc2ccncc2)n1. The van der Waals surface area contributed by atoms with Crippen LogP contribution in [0.4, 0.5) is 17.5 Å². The topological polar surface area (TPSA) is 53.9 Å². The summed E-state index contributed by atoms with van der Waals surface area (Å²) in [5.74, 6) is 1.50. The Morgan fingerprint density at radius 2 is 1.74 bits per heavy atom. The highest BCUT2D eigenvalue weighted by Gasteiger charge is 2.09. The molecule has 0 atom stereocenters. The summed E-state index contributed by atoms with van der Waals surface area (Å²) in [4.78, 5) is 15.1. The molecule has 0 aliphatic rings. The molecule has 0 spiro atoms. The van der Waals surface area contributed by atoms with Gasteiger partial charge in [-0.15, -0.1) is 0 Å². The number of aromatic nitrogens is 3. The van der Waals surface area contributed by atoms with Crippen LogP contribution in [-0.4, -0.2) is 21.5 Å². The van der Waals surface area contributed by atoms with E-state index < -0.39 is 0 Å². The molecule has 2 heterocycles. The largest absolute Gasteiger partial charge is 0.350 e. The van der Waals surface area contributed by atoms with E-state index in [4.69, 9.17) is 0 Å². The standard InChI is InChI=1S/C18H19N5/c1-2-23(16-6-4-3-5-7-16)17-10-13-20-18(22-17)21-14-15-8-11-19-12-9-15/h3-13H,2,14H2,1H3,(H,20,21,22). The normalized spacial score (nSPS) is 10.3. The Kier molecular flexibility index (Phi) is 4.79. The van der Waals surface area contributed by atoms with Crippen molar-refractivity contribution < 1.29 is 0 Å². The average Bonchev–Trinajstić information content (AvgIpc) is 2.63. The number of nitrogens with zero attached hydrogens (tertiary/aromatic N) is 4. The predicted octanol–water partition coefficient (Wildman–Crippen LogP) is 3.64. The van der Waals surface area contributed by atoms with Gasteiger partial charge in [-0.25, -0.2) is 4.98 Å². The van der Waals surface area contributed by atoms with Crippen molar-refractivity contribution in [1.29, 1.82) is 0 Å². The molecule has 3 rings (SSSR count). The van der Waals surface area contributed by atoms with Crippen LogP contribution in [0.15, 0.2) is 67.1 Å². The quantitative estimate of drug-likeness (QED) is 0.753. The molecular formula is C18H19N5. The third kappa shape index (κ3) is 3.83. The molecule has 1 aromatic carbocycles. The van der Waals surface area contributed by atoms with Crippen LogP contribution in [0.3, 0.4) is 0 Å². The zero-order valence-electron chi connectivity index (χ0n) is 13.1. The van der Waals surface area contributed by atoms with Crippen molar-refractivity contribution in [3.8, 4) is 0 Å². The monoisotopic (exact) mass is 305 g/mol. The predicted molar refractivity (Wildman–Crippen MR) is 92.7 cm³/mol. The van der Waals surface area contributed by atoms with E-state index in [1.807, 2.05) is 36.4 Å². The molecule has 5 heteroatoms. The Morgan fingerprint density at radius 1 is 0.957 bits per heavy atom. The molecule has 5 nitrogen and oxygen atoms in total. The fourth-order valence-corrected chi connectivity index (χ4v) is 2.35. The first kappa shape index (κ1) is 15.0. The Labute approximate surface area is 136 Å². The zero-order chi connectivity index (χ0) is 15.9. The molecule has 3 aromatic rings. The van der Waals surface area contributed by atoms with Crippen LogP contribution in [-0.2, 0) is 6.54 Å². The molecule has 0 fully saturated rings. The number of pyridine rings is 1. The van der Waals surface area contributed by atoms with Crippen LogP contribution in [0.1, 0.15) is 12.5 Å². The summed E-state index contributed by atoms with van der Waals surface area (Å²) in [6.45, 7) is 3.62. The Bertz CT molecular complexity index is 731.